The fourth-order valence-corrected chi connectivity index (χ4v) is 1.50. The summed E-state index contributed by atoms with van der Waals surface area (Å²) in [6.45, 7) is 12.2. The molecule has 0 saturated heterocycles. The molecule has 0 fully saturated rings. The van der Waals surface area contributed by atoms with Gasteiger partial charge in [-0.2, -0.15) is 0 Å². The van der Waals surface area contributed by atoms with Gasteiger partial charge in [-0.25, -0.2) is 0 Å². The van der Waals surface area contributed by atoms with Crippen molar-refractivity contribution in [3.05, 3.63) is 0 Å². The largest absolute Gasteiger partial charge is 0.327 e. The lowest BCUT2D eigenvalue weighted by Crippen LogP contribution is -2.38. The average Bonchev–Trinajstić information content (AvgIpc) is 1.84. The lowest BCUT2D eigenvalue weighted by Gasteiger charge is -2.25. The van der Waals surface area contributed by atoms with Gasteiger partial charge in [-0.3, -0.25) is 0 Å². The van der Waals surface area contributed by atoms with Crippen molar-refractivity contribution in [3.8, 4) is 0 Å². The zero-order valence-electron chi connectivity index (χ0n) is 9.01. The molecule has 0 heterocycles. The van der Waals surface area contributed by atoms with Gasteiger partial charge in [0.05, 0.1) is 0 Å². The van der Waals surface area contributed by atoms with Gasteiger partial charge in [0.25, 0.3) is 0 Å². The van der Waals surface area contributed by atoms with E-state index in [0.717, 1.165) is 12.5 Å². The number of hydrogen-bond donors (Lipinski definition) is 1. The van der Waals surface area contributed by atoms with E-state index in [1.54, 1.807) is 0 Å². The summed E-state index contributed by atoms with van der Waals surface area (Å²) >= 11 is 0. The maximum atomic E-state index is 5.76. The molecule has 2 heteroatoms. The van der Waals surface area contributed by atoms with Gasteiger partial charge < -0.3 is 10.6 Å². The van der Waals surface area contributed by atoms with Gasteiger partial charge in [-0.05, 0) is 25.8 Å². The minimum atomic E-state index is 0.301. The molecule has 0 saturated carbocycles. The summed E-state index contributed by atoms with van der Waals surface area (Å²) in [5, 5.41) is 0. The van der Waals surface area contributed by atoms with Crippen LogP contribution in [-0.4, -0.2) is 30.6 Å². The highest BCUT2D eigenvalue weighted by Crippen LogP contribution is 2.00. The molecule has 74 valence electrons. The molecule has 0 bridgehead atoms. The second-order valence-corrected chi connectivity index (χ2v) is 4.13. The summed E-state index contributed by atoms with van der Waals surface area (Å²) in [4.78, 5) is 2.45. The lowest BCUT2D eigenvalue weighted by atomic mass is 10.2. The van der Waals surface area contributed by atoms with Crippen molar-refractivity contribution in [2.45, 2.75) is 40.2 Å². The molecule has 0 rings (SSSR count). The van der Waals surface area contributed by atoms with Crippen LogP contribution in [0.15, 0.2) is 0 Å². The SMILES string of the molecule is CCCN(CC(C)C)CC(C)N. The van der Waals surface area contributed by atoms with Crippen LogP contribution >= 0.6 is 0 Å². The van der Waals surface area contributed by atoms with E-state index in [1.807, 2.05) is 0 Å². The van der Waals surface area contributed by atoms with E-state index in [2.05, 4.69) is 32.6 Å². The number of hydrogen-bond acceptors (Lipinski definition) is 2. The first-order valence-corrected chi connectivity index (χ1v) is 5.04. The Labute approximate surface area is 77.1 Å². The van der Waals surface area contributed by atoms with E-state index < -0.39 is 0 Å². The summed E-state index contributed by atoms with van der Waals surface area (Å²) in [6, 6.07) is 0.301. The Morgan fingerprint density at radius 3 is 2.08 bits per heavy atom. The molecule has 0 radical (unpaired) electrons. The maximum Gasteiger partial charge on any atom is 0.0139 e. The Kier molecular flexibility index (Phi) is 6.39. The molecule has 1 unspecified atom stereocenters. The highest BCUT2D eigenvalue weighted by Gasteiger charge is 2.07. The van der Waals surface area contributed by atoms with Gasteiger partial charge in [-0.15, -0.1) is 0 Å². The van der Waals surface area contributed by atoms with Crippen LogP contribution in [0.4, 0.5) is 0 Å². The molecule has 2 nitrogen and oxygen atoms in total. The van der Waals surface area contributed by atoms with Crippen LogP contribution < -0.4 is 5.73 Å². The molecule has 12 heavy (non-hydrogen) atoms. The summed E-state index contributed by atoms with van der Waals surface area (Å²) in [5.41, 5.74) is 5.76. The summed E-state index contributed by atoms with van der Waals surface area (Å²) in [7, 11) is 0. The predicted octanol–water partition coefficient (Wildman–Crippen LogP) is 1.70. The average molecular weight is 172 g/mol. The highest BCUT2D eigenvalue weighted by molar-refractivity contribution is 4.64. The normalized spacial score (nSPS) is 14.2. The summed E-state index contributed by atoms with van der Waals surface area (Å²) in [6.07, 6.45) is 1.22. The Balaban J connectivity index is 3.69. The maximum absolute atomic E-state index is 5.76. The van der Waals surface area contributed by atoms with Gasteiger partial charge >= 0.3 is 0 Å². The third-order valence-corrected chi connectivity index (χ3v) is 1.71. The fourth-order valence-electron chi connectivity index (χ4n) is 1.50. The monoisotopic (exact) mass is 172 g/mol. The minimum absolute atomic E-state index is 0.301. The molecule has 0 aliphatic heterocycles. The van der Waals surface area contributed by atoms with Crippen LogP contribution in [-0.2, 0) is 0 Å². The van der Waals surface area contributed by atoms with Gasteiger partial charge in [0.2, 0.25) is 0 Å². The topological polar surface area (TPSA) is 29.3 Å². The van der Waals surface area contributed by atoms with Crippen molar-refractivity contribution in [2.24, 2.45) is 11.7 Å². The highest BCUT2D eigenvalue weighted by atomic mass is 15.1. The fraction of sp³-hybridized carbons (Fsp3) is 1.00. The van der Waals surface area contributed by atoms with Gasteiger partial charge in [0.1, 0.15) is 0 Å². The third kappa shape index (κ3) is 6.62. The molecule has 0 aromatic heterocycles. The van der Waals surface area contributed by atoms with Crippen LogP contribution in [0.2, 0.25) is 0 Å². The molecule has 2 N–H and O–H groups in total. The first-order valence-electron chi connectivity index (χ1n) is 5.04. The second-order valence-electron chi connectivity index (χ2n) is 4.13. The molecule has 0 aliphatic rings. The molecular formula is C10H24N2. The Morgan fingerprint density at radius 1 is 1.17 bits per heavy atom. The molecule has 0 aliphatic carbocycles. The number of nitrogens with zero attached hydrogens (tertiary/aromatic N) is 1. The molecule has 0 aromatic carbocycles. The zero-order valence-corrected chi connectivity index (χ0v) is 9.01. The van der Waals surface area contributed by atoms with Crippen molar-refractivity contribution >= 4 is 0 Å². The van der Waals surface area contributed by atoms with Crippen LogP contribution in [0.1, 0.15) is 34.1 Å². The van der Waals surface area contributed by atoms with Crippen LogP contribution in [0.5, 0.6) is 0 Å². The van der Waals surface area contributed by atoms with Crippen molar-refractivity contribution in [2.75, 3.05) is 19.6 Å². The first-order chi connectivity index (χ1) is 5.56. The van der Waals surface area contributed by atoms with Crippen molar-refractivity contribution in [1.29, 1.82) is 0 Å². The number of nitrogens with two attached hydrogens (primary N) is 1. The van der Waals surface area contributed by atoms with Crippen LogP contribution in [0.3, 0.4) is 0 Å². The quantitative estimate of drug-likeness (QED) is 0.661. The van der Waals surface area contributed by atoms with Crippen LogP contribution in [0.25, 0.3) is 0 Å². The molecule has 1 atom stereocenters. The summed E-state index contributed by atoms with van der Waals surface area (Å²) in [5.74, 6) is 0.746. The smallest absolute Gasteiger partial charge is 0.0139 e. The molecule has 0 spiro atoms. The number of rotatable bonds is 6. The van der Waals surface area contributed by atoms with Gasteiger partial charge in [0, 0.05) is 19.1 Å². The minimum Gasteiger partial charge on any atom is -0.327 e. The van der Waals surface area contributed by atoms with E-state index in [0.29, 0.717) is 6.04 Å². The van der Waals surface area contributed by atoms with Crippen molar-refractivity contribution < 1.29 is 0 Å². The molecular weight excluding hydrogens is 148 g/mol. The lowest BCUT2D eigenvalue weighted by molar-refractivity contribution is 0.234. The van der Waals surface area contributed by atoms with E-state index in [-0.39, 0.29) is 0 Å². The molecule has 0 aromatic rings. The van der Waals surface area contributed by atoms with Crippen LogP contribution in [0, 0.1) is 5.92 Å². The first kappa shape index (κ1) is 11.9. The second kappa shape index (κ2) is 6.44. The van der Waals surface area contributed by atoms with Crippen molar-refractivity contribution in [3.63, 3.8) is 0 Å². The Bertz CT molecular complexity index is 90.0. The standard InChI is InChI=1S/C10H24N2/c1-5-6-12(7-9(2)3)8-10(4)11/h9-10H,5-8,11H2,1-4H3. The Morgan fingerprint density at radius 2 is 1.75 bits per heavy atom. The van der Waals surface area contributed by atoms with E-state index in [1.165, 1.54) is 19.5 Å². The van der Waals surface area contributed by atoms with Gasteiger partial charge in [-0.1, -0.05) is 20.8 Å². The third-order valence-electron chi connectivity index (χ3n) is 1.71. The zero-order chi connectivity index (χ0) is 9.56. The molecule has 0 amide bonds. The van der Waals surface area contributed by atoms with Crippen molar-refractivity contribution in [1.82, 2.24) is 4.90 Å². The van der Waals surface area contributed by atoms with E-state index in [4.69, 9.17) is 5.73 Å². The Hall–Kier alpha value is -0.0800. The van der Waals surface area contributed by atoms with Gasteiger partial charge in [0.15, 0.2) is 0 Å². The van der Waals surface area contributed by atoms with E-state index in [9.17, 15) is 0 Å². The predicted molar refractivity (Wildman–Crippen MR) is 55.2 cm³/mol. The summed E-state index contributed by atoms with van der Waals surface area (Å²) < 4.78 is 0. The van der Waals surface area contributed by atoms with E-state index >= 15 is 0 Å².